The Hall–Kier alpha value is -1.18. The lowest BCUT2D eigenvalue weighted by Crippen LogP contribution is -2.18. The molecule has 1 aromatic rings. The molecule has 1 aromatic carbocycles. The average molecular weight is 223 g/mol. The molecule has 1 aliphatic rings. The van der Waals surface area contributed by atoms with Gasteiger partial charge in [0.15, 0.2) is 0 Å². The van der Waals surface area contributed by atoms with E-state index in [0.717, 1.165) is 24.6 Å². The molecule has 0 unspecified atom stereocenters. The maximum atomic E-state index is 5.44. The van der Waals surface area contributed by atoms with E-state index in [9.17, 15) is 0 Å². The Balaban J connectivity index is 0.000000394. The van der Waals surface area contributed by atoms with E-state index in [2.05, 4.69) is 32.2 Å². The zero-order valence-corrected chi connectivity index (χ0v) is 11.3. The van der Waals surface area contributed by atoms with Crippen LogP contribution in [-0.4, -0.2) is 13.2 Å². The first-order valence-electron chi connectivity index (χ1n) is 6.25. The lowest BCUT2D eigenvalue weighted by Gasteiger charge is -2.20. The molecule has 0 saturated carbocycles. The van der Waals surface area contributed by atoms with Crippen molar-refractivity contribution in [2.24, 2.45) is 0 Å². The fourth-order valence-electron chi connectivity index (χ4n) is 1.32. The number of rotatable bonds is 0. The minimum absolute atomic E-state index is 0.774. The molecule has 1 N–H and O–H groups in total. The van der Waals surface area contributed by atoms with Crippen LogP contribution in [0.2, 0.25) is 0 Å². The highest BCUT2D eigenvalue weighted by molar-refractivity contribution is 5.62. The number of para-hydroxylation sites is 1. The van der Waals surface area contributed by atoms with Crippen LogP contribution in [0, 0.1) is 6.92 Å². The number of benzene rings is 1. The molecule has 1 heterocycles. The van der Waals surface area contributed by atoms with Crippen LogP contribution in [0.4, 0.5) is 5.69 Å². The van der Waals surface area contributed by atoms with Gasteiger partial charge >= 0.3 is 0 Å². The molecule has 0 bridgehead atoms. The van der Waals surface area contributed by atoms with Crippen molar-refractivity contribution in [3.05, 3.63) is 23.8 Å². The number of aryl methyl sites for hydroxylation is 1. The predicted octanol–water partition coefficient (Wildman–Crippen LogP) is 4.24. The van der Waals surface area contributed by atoms with Crippen molar-refractivity contribution < 1.29 is 4.74 Å². The van der Waals surface area contributed by atoms with Gasteiger partial charge in [-0.15, -0.1) is 0 Å². The van der Waals surface area contributed by atoms with Gasteiger partial charge in [0.2, 0.25) is 0 Å². The third-order valence-electron chi connectivity index (χ3n) is 1.90. The van der Waals surface area contributed by atoms with Gasteiger partial charge in [-0.1, -0.05) is 46.2 Å². The highest BCUT2D eigenvalue weighted by atomic mass is 16.5. The molecule has 0 radical (unpaired) electrons. The molecule has 16 heavy (non-hydrogen) atoms. The minimum Gasteiger partial charge on any atom is -0.490 e. The molecule has 0 saturated heterocycles. The summed E-state index contributed by atoms with van der Waals surface area (Å²) in [5.74, 6) is 0.983. The maximum absolute atomic E-state index is 5.44. The van der Waals surface area contributed by atoms with E-state index in [4.69, 9.17) is 4.74 Å². The Bertz CT molecular complexity index is 284. The number of anilines is 1. The van der Waals surface area contributed by atoms with Gasteiger partial charge in [0, 0.05) is 6.54 Å². The van der Waals surface area contributed by atoms with E-state index >= 15 is 0 Å². The van der Waals surface area contributed by atoms with Crippen molar-refractivity contribution in [1.82, 2.24) is 0 Å². The van der Waals surface area contributed by atoms with Gasteiger partial charge in [0.1, 0.15) is 12.4 Å². The number of nitrogens with one attached hydrogen (secondary N) is 1. The summed E-state index contributed by atoms with van der Waals surface area (Å²) in [5, 5.41) is 3.31. The minimum atomic E-state index is 0.774. The quantitative estimate of drug-likeness (QED) is 0.710. The second kappa shape index (κ2) is 9.08. The van der Waals surface area contributed by atoms with Gasteiger partial charge in [0.05, 0.1) is 5.69 Å². The van der Waals surface area contributed by atoms with Crippen LogP contribution in [0.25, 0.3) is 0 Å². The Kier molecular flexibility index (Phi) is 8.41. The fourth-order valence-corrected chi connectivity index (χ4v) is 1.32. The molecule has 0 atom stereocenters. The second-order valence-electron chi connectivity index (χ2n) is 3.43. The van der Waals surface area contributed by atoms with Crippen LogP contribution in [0.3, 0.4) is 0 Å². The standard InChI is InChI=1S/C9H11NO.C3H8.C2H6/c1-7-3-2-4-8-9(7)10-5-6-11-8;1-3-2;1-2/h2-4,10H,5-6H2,1H3;3H2,1-2H3;1-2H3. The Morgan fingerprint density at radius 1 is 1.25 bits per heavy atom. The van der Waals surface area contributed by atoms with Gasteiger partial charge in [-0.3, -0.25) is 0 Å². The first-order chi connectivity index (χ1) is 7.79. The smallest absolute Gasteiger partial charge is 0.142 e. The monoisotopic (exact) mass is 223 g/mol. The van der Waals surface area contributed by atoms with E-state index in [1.165, 1.54) is 12.0 Å². The van der Waals surface area contributed by atoms with Gasteiger partial charge in [-0.05, 0) is 18.6 Å². The molecule has 0 amide bonds. The van der Waals surface area contributed by atoms with Crippen LogP contribution in [-0.2, 0) is 0 Å². The number of ether oxygens (including phenoxy) is 1. The first kappa shape index (κ1) is 14.8. The van der Waals surface area contributed by atoms with E-state index < -0.39 is 0 Å². The molecule has 2 heteroatoms. The van der Waals surface area contributed by atoms with Crippen LogP contribution in [0.1, 0.15) is 39.7 Å². The van der Waals surface area contributed by atoms with Crippen molar-refractivity contribution in [2.75, 3.05) is 18.5 Å². The van der Waals surface area contributed by atoms with Crippen molar-refractivity contribution in [2.45, 2.75) is 41.0 Å². The normalized spacial score (nSPS) is 11.6. The summed E-state index contributed by atoms with van der Waals surface area (Å²) in [6.45, 7) is 12.0. The van der Waals surface area contributed by atoms with E-state index in [-0.39, 0.29) is 0 Å². The number of hydrogen-bond acceptors (Lipinski definition) is 2. The summed E-state index contributed by atoms with van der Waals surface area (Å²) < 4.78 is 5.44. The SMILES string of the molecule is CC.CCC.Cc1cccc2c1NCCO2. The largest absolute Gasteiger partial charge is 0.490 e. The Morgan fingerprint density at radius 3 is 2.44 bits per heavy atom. The predicted molar refractivity (Wildman–Crippen MR) is 72.5 cm³/mol. The highest BCUT2D eigenvalue weighted by Gasteiger charge is 2.09. The average Bonchev–Trinajstić information content (AvgIpc) is 2.33. The third-order valence-corrected chi connectivity index (χ3v) is 1.90. The lowest BCUT2D eigenvalue weighted by molar-refractivity contribution is 0.323. The summed E-state index contributed by atoms with van der Waals surface area (Å²) in [7, 11) is 0. The maximum Gasteiger partial charge on any atom is 0.142 e. The summed E-state index contributed by atoms with van der Waals surface area (Å²) in [6.07, 6.45) is 1.25. The molecular weight excluding hydrogens is 198 g/mol. The molecule has 0 aromatic heterocycles. The molecule has 0 fully saturated rings. The van der Waals surface area contributed by atoms with Crippen LogP contribution in [0.15, 0.2) is 18.2 Å². The zero-order valence-electron chi connectivity index (χ0n) is 11.3. The fraction of sp³-hybridized carbons (Fsp3) is 0.571. The molecule has 2 rings (SSSR count). The summed E-state index contributed by atoms with van der Waals surface area (Å²) in [4.78, 5) is 0. The zero-order chi connectivity index (χ0) is 12.4. The second-order valence-corrected chi connectivity index (χ2v) is 3.43. The summed E-state index contributed by atoms with van der Waals surface area (Å²) >= 11 is 0. The first-order valence-corrected chi connectivity index (χ1v) is 6.25. The molecule has 0 spiro atoms. The van der Waals surface area contributed by atoms with Gasteiger partial charge in [0.25, 0.3) is 0 Å². The van der Waals surface area contributed by atoms with Gasteiger partial charge in [-0.2, -0.15) is 0 Å². The molecular formula is C14H25NO. The van der Waals surface area contributed by atoms with Crippen LogP contribution >= 0.6 is 0 Å². The Morgan fingerprint density at radius 2 is 1.88 bits per heavy atom. The highest BCUT2D eigenvalue weighted by Crippen LogP contribution is 2.29. The Labute approximate surface area is 100 Å². The van der Waals surface area contributed by atoms with E-state index in [0.29, 0.717) is 0 Å². The molecule has 0 aliphatic carbocycles. The van der Waals surface area contributed by atoms with Crippen molar-refractivity contribution in [1.29, 1.82) is 0 Å². The topological polar surface area (TPSA) is 21.3 Å². The third kappa shape index (κ3) is 4.56. The lowest BCUT2D eigenvalue weighted by atomic mass is 10.1. The summed E-state index contributed by atoms with van der Waals surface area (Å²) in [5.41, 5.74) is 2.40. The van der Waals surface area contributed by atoms with Gasteiger partial charge < -0.3 is 10.1 Å². The van der Waals surface area contributed by atoms with Crippen LogP contribution in [0.5, 0.6) is 5.75 Å². The van der Waals surface area contributed by atoms with E-state index in [1.54, 1.807) is 0 Å². The summed E-state index contributed by atoms with van der Waals surface area (Å²) in [6, 6.07) is 6.09. The van der Waals surface area contributed by atoms with E-state index in [1.807, 2.05) is 26.0 Å². The van der Waals surface area contributed by atoms with Crippen molar-refractivity contribution >= 4 is 5.69 Å². The van der Waals surface area contributed by atoms with Crippen LogP contribution < -0.4 is 10.1 Å². The number of fused-ring (bicyclic) bond motifs is 1. The molecule has 1 aliphatic heterocycles. The number of hydrogen-bond donors (Lipinski definition) is 1. The molecule has 92 valence electrons. The van der Waals surface area contributed by atoms with Crippen molar-refractivity contribution in [3.63, 3.8) is 0 Å². The van der Waals surface area contributed by atoms with Crippen molar-refractivity contribution in [3.8, 4) is 5.75 Å². The van der Waals surface area contributed by atoms with Gasteiger partial charge in [-0.25, -0.2) is 0 Å². The molecule has 2 nitrogen and oxygen atoms in total.